The van der Waals surface area contributed by atoms with Crippen LogP contribution in [0.3, 0.4) is 0 Å². The summed E-state index contributed by atoms with van der Waals surface area (Å²) in [5.74, 6) is 1.69. The Labute approximate surface area is 112 Å². The molecule has 3 aliphatic rings. The Morgan fingerprint density at radius 2 is 1.84 bits per heavy atom. The molecule has 4 nitrogen and oxygen atoms in total. The van der Waals surface area contributed by atoms with Gasteiger partial charge in [-0.2, -0.15) is 0 Å². The third-order valence-corrected chi connectivity index (χ3v) is 4.25. The predicted octanol–water partition coefficient (Wildman–Crippen LogP) is 1.96. The summed E-state index contributed by atoms with van der Waals surface area (Å²) in [7, 11) is 4.90. The number of methoxy groups -OCH3 is 3. The second-order valence-electron chi connectivity index (χ2n) is 4.97. The number of allylic oxidation sites excluding steroid dienone is 1. The summed E-state index contributed by atoms with van der Waals surface area (Å²) in [4.78, 5) is 0. The predicted molar refractivity (Wildman–Crippen MR) is 70.7 cm³/mol. The highest BCUT2D eigenvalue weighted by atomic mass is 16.5. The van der Waals surface area contributed by atoms with Gasteiger partial charge in [0.2, 0.25) is 0 Å². The topological polar surface area (TPSA) is 47.9 Å². The fourth-order valence-electron chi connectivity index (χ4n) is 3.33. The van der Waals surface area contributed by atoms with Gasteiger partial charge in [0.25, 0.3) is 0 Å². The smallest absolute Gasteiger partial charge is 0.141 e. The van der Waals surface area contributed by atoms with Crippen molar-refractivity contribution in [3.05, 3.63) is 35.4 Å². The molecule has 1 aromatic rings. The number of aliphatic hydroxyl groups is 1. The number of aliphatic hydroxyl groups excluding tert-OH is 1. The van der Waals surface area contributed by atoms with Gasteiger partial charge in [-0.25, -0.2) is 0 Å². The summed E-state index contributed by atoms with van der Waals surface area (Å²) < 4.78 is 16.6. The Bertz CT molecular complexity index is 537. The van der Waals surface area contributed by atoms with Gasteiger partial charge >= 0.3 is 0 Å². The number of benzene rings is 1. The molecule has 0 aromatic heterocycles. The summed E-state index contributed by atoms with van der Waals surface area (Å²) in [5, 5.41) is 10.4. The molecule has 19 heavy (non-hydrogen) atoms. The van der Waals surface area contributed by atoms with Crippen LogP contribution in [0.25, 0.3) is 0 Å². The van der Waals surface area contributed by atoms with Crippen LogP contribution in [-0.2, 0) is 10.3 Å². The lowest BCUT2D eigenvalue weighted by molar-refractivity contribution is -0.0921. The van der Waals surface area contributed by atoms with E-state index < -0.39 is 11.7 Å². The number of fused-ring (bicyclic) bond motifs is 1. The molecule has 3 aliphatic carbocycles. The van der Waals surface area contributed by atoms with Crippen LogP contribution in [0.5, 0.6) is 11.5 Å². The van der Waals surface area contributed by atoms with Gasteiger partial charge in [0.05, 0.1) is 20.3 Å². The zero-order valence-corrected chi connectivity index (χ0v) is 11.3. The zero-order chi connectivity index (χ0) is 13.6. The second-order valence-corrected chi connectivity index (χ2v) is 4.97. The third kappa shape index (κ3) is 1.47. The molecule has 0 fully saturated rings. The quantitative estimate of drug-likeness (QED) is 0.846. The normalized spacial score (nSPS) is 31.2. The van der Waals surface area contributed by atoms with Crippen LogP contribution < -0.4 is 9.47 Å². The minimum absolute atomic E-state index is 0.145. The van der Waals surface area contributed by atoms with Gasteiger partial charge in [0.1, 0.15) is 17.1 Å². The van der Waals surface area contributed by atoms with Crippen LogP contribution in [-0.4, -0.2) is 32.5 Å². The first-order valence-corrected chi connectivity index (χ1v) is 6.36. The van der Waals surface area contributed by atoms with Crippen molar-refractivity contribution in [3.8, 4) is 11.5 Å². The molecule has 0 saturated carbocycles. The van der Waals surface area contributed by atoms with E-state index in [-0.39, 0.29) is 5.92 Å². The van der Waals surface area contributed by atoms with Crippen molar-refractivity contribution in [2.24, 2.45) is 0 Å². The molecule has 0 unspecified atom stereocenters. The fourth-order valence-corrected chi connectivity index (χ4v) is 3.33. The molecule has 0 aliphatic heterocycles. The molecular weight excluding hydrogens is 244 g/mol. The van der Waals surface area contributed by atoms with Crippen molar-refractivity contribution in [2.45, 2.75) is 24.0 Å². The maximum Gasteiger partial charge on any atom is 0.141 e. The molecule has 0 radical (unpaired) electrons. The van der Waals surface area contributed by atoms with E-state index in [1.165, 1.54) is 0 Å². The summed E-state index contributed by atoms with van der Waals surface area (Å²) in [5.41, 5.74) is 1.13. The van der Waals surface area contributed by atoms with Crippen molar-refractivity contribution in [3.63, 3.8) is 0 Å². The lowest BCUT2D eigenvalue weighted by atomic mass is 9.66. The number of ether oxygens (including phenoxy) is 3. The average molecular weight is 262 g/mol. The maximum absolute atomic E-state index is 10.4. The fraction of sp³-hybridized carbons (Fsp3) is 0.467. The van der Waals surface area contributed by atoms with Crippen molar-refractivity contribution in [2.75, 3.05) is 21.3 Å². The molecule has 0 saturated heterocycles. The first-order valence-electron chi connectivity index (χ1n) is 6.36. The Morgan fingerprint density at radius 1 is 1.16 bits per heavy atom. The van der Waals surface area contributed by atoms with Gasteiger partial charge in [-0.15, -0.1) is 0 Å². The Balaban J connectivity index is 2.33. The van der Waals surface area contributed by atoms with Crippen LogP contribution in [0.15, 0.2) is 24.3 Å². The van der Waals surface area contributed by atoms with Crippen LogP contribution in [0.2, 0.25) is 0 Å². The van der Waals surface area contributed by atoms with Gasteiger partial charge in [0, 0.05) is 24.2 Å². The Hall–Kier alpha value is -1.52. The van der Waals surface area contributed by atoms with Gasteiger partial charge in [0.15, 0.2) is 0 Å². The standard InChI is InChI=1S/C15H18O4/c1-17-10-4-5-11(18-2)14-13(10)9-6-7-15(14,19-3)12(16)8-9/h4-7,9,12,16H,8H2,1-3H3/t9-,12-,15+/m0/s1. The van der Waals surface area contributed by atoms with E-state index in [9.17, 15) is 5.11 Å². The van der Waals surface area contributed by atoms with Crippen molar-refractivity contribution in [1.29, 1.82) is 0 Å². The molecular formula is C15H18O4. The first-order chi connectivity index (χ1) is 9.17. The molecule has 2 bridgehead atoms. The van der Waals surface area contributed by atoms with Gasteiger partial charge in [-0.05, 0) is 24.6 Å². The highest BCUT2D eigenvalue weighted by Gasteiger charge is 2.51. The molecule has 4 heteroatoms. The number of rotatable bonds is 3. The maximum atomic E-state index is 10.4. The minimum Gasteiger partial charge on any atom is -0.496 e. The lowest BCUT2D eigenvalue weighted by Crippen LogP contribution is -2.47. The third-order valence-electron chi connectivity index (χ3n) is 4.25. The molecule has 1 aromatic carbocycles. The average Bonchev–Trinajstić information content (AvgIpc) is 2.46. The summed E-state index contributed by atoms with van der Waals surface area (Å²) in [6, 6.07) is 3.77. The van der Waals surface area contributed by atoms with E-state index in [4.69, 9.17) is 14.2 Å². The van der Waals surface area contributed by atoms with Crippen LogP contribution in [0.1, 0.15) is 23.5 Å². The van der Waals surface area contributed by atoms with Gasteiger partial charge < -0.3 is 19.3 Å². The summed E-state index contributed by atoms with van der Waals surface area (Å²) in [6.07, 6.45) is 4.10. The lowest BCUT2D eigenvalue weighted by Gasteiger charge is -2.46. The highest BCUT2D eigenvalue weighted by molar-refractivity contribution is 5.60. The molecule has 4 rings (SSSR count). The van der Waals surface area contributed by atoms with Crippen LogP contribution >= 0.6 is 0 Å². The molecule has 0 heterocycles. The van der Waals surface area contributed by atoms with E-state index in [0.29, 0.717) is 6.42 Å². The number of hydrogen-bond acceptors (Lipinski definition) is 4. The zero-order valence-electron chi connectivity index (χ0n) is 11.3. The largest absolute Gasteiger partial charge is 0.496 e. The first kappa shape index (κ1) is 12.5. The van der Waals surface area contributed by atoms with Gasteiger partial charge in [-0.3, -0.25) is 0 Å². The summed E-state index contributed by atoms with van der Waals surface area (Å²) in [6.45, 7) is 0. The van der Waals surface area contributed by atoms with Crippen molar-refractivity contribution >= 4 is 0 Å². The van der Waals surface area contributed by atoms with E-state index in [0.717, 1.165) is 22.6 Å². The molecule has 1 N–H and O–H groups in total. The van der Waals surface area contributed by atoms with E-state index in [2.05, 4.69) is 6.08 Å². The molecule has 102 valence electrons. The Kier molecular flexibility index (Phi) is 2.80. The van der Waals surface area contributed by atoms with Crippen molar-refractivity contribution in [1.82, 2.24) is 0 Å². The highest BCUT2D eigenvalue weighted by Crippen LogP contribution is 2.55. The van der Waals surface area contributed by atoms with Crippen LogP contribution in [0, 0.1) is 0 Å². The monoisotopic (exact) mass is 262 g/mol. The van der Waals surface area contributed by atoms with E-state index in [1.807, 2.05) is 18.2 Å². The SMILES string of the molecule is COc1ccc(OC)c2c1[C@H]1C=C[C@@]2(OC)[C@@H](O)C1. The van der Waals surface area contributed by atoms with Crippen molar-refractivity contribution < 1.29 is 19.3 Å². The summed E-state index contributed by atoms with van der Waals surface area (Å²) >= 11 is 0. The minimum atomic E-state index is -0.829. The molecule has 0 amide bonds. The van der Waals surface area contributed by atoms with E-state index in [1.54, 1.807) is 21.3 Å². The number of hydrogen-bond donors (Lipinski definition) is 1. The Morgan fingerprint density at radius 3 is 2.42 bits per heavy atom. The van der Waals surface area contributed by atoms with Gasteiger partial charge in [-0.1, -0.05) is 6.08 Å². The van der Waals surface area contributed by atoms with E-state index >= 15 is 0 Å². The molecule has 0 spiro atoms. The second kappa shape index (κ2) is 4.25. The van der Waals surface area contributed by atoms with Crippen LogP contribution in [0.4, 0.5) is 0 Å². The molecule has 3 atom stereocenters.